The number of aryl methyl sites for hydroxylation is 2. The van der Waals surface area contributed by atoms with E-state index in [-0.39, 0.29) is 0 Å². The van der Waals surface area contributed by atoms with E-state index in [0.717, 1.165) is 26.2 Å². The highest BCUT2D eigenvalue weighted by Gasteiger charge is 2.24. The number of hydrogen-bond acceptors (Lipinski definition) is 2. The first-order chi connectivity index (χ1) is 8.56. The molecule has 0 saturated carbocycles. The van der Waals surface area contributed by atoms with Gasteiger partial charge in [0.2, 0.25) is 0 Å². The van der Waals surface area contributed by atoms with Crippen molar-refractivity contribution >= 4 is 0 Å². The van der Waals surface area contributed by atoms with Crippen molar-refractivity contribution in [2.75, 3.05) is 19.6 Å². The first-order valence-corrected chi connectivity index (χ1v) is 7.08. The van der Waals surface area contributed by atoms with Crippen LogP contribution in [0.5, 0.6) is 0 Å². The van der Waals surface area contributed by atoms with Crippen LogP contribution < -0.4 is 5.32 Å². The van der Waals surface area contributed by atoms with Gasteiger partial charge in [-0.05, 0) is 25.3 Å². The van der Waals surface area contributed by atoms with E-state index in [4.69, 9.17) is 0 Å². The molecule has 0 aliphatic carbocycles. The lowest BCUT2D eigenvalue weighted by atomic mass is 9.99. The van der Waals surface area contributed by atoms with Crippen molar-refractivity contribution in [1.82, 2.24) is 10.2 Å². The highest BCUT2D eigenvalue weighted by atomic mass is 15.2. The van der Waals surface area contributed by atoms with Crippen LogP contribution in [0.15, 0.2) is 18.2 Å². The molecule has 1 heterocycles. The minimum Gasteiger partial charge on any atom is -0.314 e. The van der Waals surface area contributed by atoms with Gasteiger partial charge >= 0.3 is 0 Å². The average molecular weight is 246 g/mol. The molecule has 1 atom stereocenters. The Labute approximate surface area is 111 Å². The topological polar surface area (TPSA) is 15.3 Å². The second-order valence-corrected chi connectivity index (χ2v) is 5.98. The molecular weight excluding hydrogens is 220 g/mol. The van der Waals surface area contributed by atoms with Crippen molar-refractivity contribution in [2.45, 2.75) is 40.3 Å². The average Bonchev–Trinajstić information content (AvgIpc) is 2.27. The molecule has 2 heteroatoms. The summed E-state index contributed by atoms with van der Waals surface area (Å²) < 4.78 is 0. The Hall–Kier alpha value is -0.860. The largest absolute Gasteiger partial charge is 0.314 e. The third kappa shape index (κ3) is 3.33. The van der Waals surface area contributed by atoms with E-state index in [1.165, 1.54) is 16.7 Å². The van der Waals surface area contributed by atoms with Gasteiger partial charge < -0.3 is 5.32 Å². The van der Waals surface area contributed by atoms with E-state index in [1.807, 2.05) is 0 Å². The molecule has 100 valence electrons. The monoisotopic (exact) mass is 246 g/mol. The van der Waals surface area contributed by atoms with E-state index >= 15 is 0 Å². The molecule has 1 N–H and O–H groups in total. The molecule has 1 saturated heterocycles. The Kier molecular flexibility index (Phi) is 4.41. The molecule has 1 fully saturated rings. The summed E-state index contributed by atoms with van der Waals surface area (Å²) in [6.45, 7) is 13.5. The van der Waals surface area contributed by atoms with Crippen LogP contribution in [-0.2, 0) is 6.54 Å². The van der Waals surface area contributed by atoms with Gasteiger partial charge in [-0.2, -0.15) is 0 Å². The predicted octanol–water partition coefficient (Wildman–Crippen LogP) is 2.73. The molecule has 0 amide bonds. The molecule has 2 nitrogen and oxygen atoms in total. The normalized spacial score (nSPS) is 21.5. The predicted molar refractivity (Wildman–Crippen MR) is 77.8 cm³/mol. The molecule has 0 spiro atoms. The quantitative estimate of drug-likeness (QED) is 0.882. The fourth-order valence-electron chi connectivity index (χ4n) is 3.02. The SMILES string of the molecule is Cc1cc(C)cc(CN2CCNCC2C(C)C)c1. The zero-order valence-electron chi connectivity index (χ0n) is 12.2. The summed E-state index contributed by atoms with van der Waals surface area (Å²) in [6, 6.07) is 7.57. The molecule has 1 aliphatic rings. The molecule has 0 radical (unpaired) electrons. The van der Waals surface area contributed by atoms with Crippen LogP contribution in [0.2, 0.25) is 0 Å². The lowest BCUT2D eigenvalue weighted by Crippen LogP contribution is -2.52. The zero-order valence-corrected chi connectivity index (χ0v) is 12.2. The number of nitrogens with one attached hydrogen (secondary N) is 1. The summed E-state index contributed by atoms with van der Waals surface area (Å²) in [5, 5.41) is 3.51. The van der Waals surface area contributed by atoms with Crippen molar-refractivity contribution in [1.29, 1.82) is 0 Å². The first kappa shape index (κ1) is 13.6. The number of hydrogen-bond donors (Lipinski definition) is 1. The van der Waals surface area contributed by atoms with Crippen LogP contribution in [0.1, 0.15) is 30.5 Å². The summed E-state index contributed by atoms with van der Waals surface area (Å²) in [6.07, 6.45) is 0. The van der Waals surface area contributed by atoms with E-state index < -0.39 is 0 Å². The maximum Gasteiger partial charge on any atom is 0.0247 e. The van der Waals surface area contributed by atoms with E-state index in [9.17, 15) is 0 Å². The van der Waals surface area contributed by atoms with Crippen molar-refractivity contribution in [2.24, 2.45) is 5.92 Å². The van der Waals surface area contributed by atoms with Crippen molar-refractivity contribution in [3.05, 3.63) is 34.9 Å². The van der Waals surface area contributed by atoms with Gasteiger partial charge in [0.05, 0.1) is 0 Å². The summed E-state index contributed by atoms with van der Waals surface area (Å²) in [5.41, 5.74) is 4.21. The second kappa shape index (κ2) is 5.85. The van der Waals surface area contributed by atoms with E-state index in [2.05, 4.69) is 56.1 Å². The summed E-state index contributed by atoms with van der Waals surface area (Å²) >= 11 is 0. The number of piperazine rings is 1. The van der Waals surface area contributed by atoms with Crippen LogP contribution >= 0.6 is 0 Å². The summed E-state index contributed by atoms with van der Waals surface area (Å²) in [7, 11) is 0. The molecule has 1 aliphatic heterocycles. The van der Waals surface area contributed by atoms with E-state index in [0.29, 0.717) is 12.0 Å². The third-order valence-electron chi connectivity index (χ3n) is 3.83. The molecule has 18 heavy (non-hydrogen) atoms. The van der Waals surface area contributed by atoms with Gasteiger partial charge in [-0.1, -0.05) is 43.2 Å². The summed E-state index contributed by atoms with van der Waals surface area (Å²) in [4.78, 5) is 2.63. The standard InChI is InChI=1S/C16H26N2/c1-12(2)16-10-17-5-6-18(16)11-15-8-13(3)7-14(4)9-15/h7-9,12,16-17H,5-6,10-11H2,1-4H3. The molecular formula is C16H26N2. The van der Waals surface area contributed by atoms with Crippen LogP contribution in [-0.4, -0.2) is 30.6 Å². The van der Waals surface area contributed by atoms with Crippen LogP contribution in [0.4, 0.5) is 0 Å². The highest BCUT2D eigenvalue weighted by Crippen LogP contribution is 2.18. The Morgan fingerprint density at radius 2 is 1.89 bits per heavy atom. The van der Waals surface area contributed by atoms with Gasteiger partial charge in [0.1, 0.15) is 0 Å². The number of rotatable bonds is 3. The minimum absolute atomic E-state index is 0.666. The maximum absolute atomic E-state index is 3.51. The Morgan fingerprint density at radius 3 is 2.50 bits per heavy atom. The maximum atomic E-state index is 3.51. The van der Waals surface area contributed by atoms with Gasteiger partial charge in [-0.3, -0.25) is 4.90 Å². The van der Waals surface area contributed by atoms with Crippen LogP contribution in [0.3, 0.4) is 0 Å². The second-order valence-electron chi connectivity index (χ2n) is 5.98. The van der Waals surface area contributed by atoms with Crippen LogP contribution in [0, 0.1) is 19.8 Å². The molecule has 1 unspecified atom stereocenters. The van der Waals surface area contributed by atoms with Gasteiger partial charge in [0.25, 0.3) is 0 Å². The van der Waals surface area contributed by atoms with Crippen molar-refractivity contribution < 1.29 is 0 Å². The van der Waals surface area contributed by atoms with Crippen molar-refractivity contribution in [3.8, 4) is 0 Å². The number of benzene rings is 1. The molecule has 2 rings (SSSR count). The first-order valence-electron chi connectivity index (χ1n) is 7.08. The summed E-state index contributed by atoms with van der Waals surface area (Å²) in [5.74, 6) is 0.712. The van der Waals surface area contributed by atoms with E-state index in [1.54, 1.807) is 0 Å². The lowest BCUT2D eigenvalue weighted by molar-refractivity contribution is 0.117. The lowest BCUT2D eigenvalue weighted by Gasteiger charge is -2.38. The fraction of sp³-hybridized carbons (Fsp3) is 0.625. The molecule has 1 aromatic rings. The van der Waals surface area contributed by atoms with Crippen LogP contribution in [0.25, 0.3) is 0 Å². The zero-order chi connectivity index (χ0) is 13.1. The van der Waals surface area contributed by atoms with Gasteiger partial charge in [0, 0.05) is 32.2 Å². The highest BCUT2D eigenvalue weighted by molar-refractivity contribution is 5.28. The molecule has 0 aromatic heterocycles. The van der Waals surface area contributed by atoms with Gasteiger partial charge in [-0.25, -0.2) is 0 Å². The Morgan fingerprint density at radius 1 is 1.22 bits per heavy atom. The third-order valence-corrected chi connectivity index (χ3v) is 3.83. The van der Waals surface area contributed by atoms with Gasteiger partial charge in [-0.15, -0.1) is 0 Å². The fourth-order valence-corrected chi connectivity index (χ4v) is 3.02. The minimum atomic E-state index is 0.666. The Bertz CT molecular complexity index is 378. The van der Waals surface area contributed by atoms with Crippen molar-refractivity contribution in [3.63, 3.8) is 0 Å². The van der Waals surface area contributed by atoms with Gasteiger partial charge in [0.15, 0.2) is 0 Å². The number of nitrogens with zero attached hydrogens (tertiary/aromatic N) is 1. The molecule has 0 bridgehead atoms. The smallest absolute Gasteiger partial charge is 0.0247 e. The Balaban J connectivity index is 2.10. The molecule has 1 aromatic carbocycles.